The van der Waals surface area contributed by atoms with E-state index in [4.69, 9.17) is 11.6 Å². The van der Waals surface area contributed by atoms with Crippen LogP contribution < -0.4 is 0 Å². The second kappa shape index (κ2) is 6.21. The highest BCUT2D eigenvalue weighted by molar-refractivity contribution is 6.20. The fourth-order valence-corrected chi connectivity index (χ4v) is 1.45. The van der Waals surface area contributed by atoms with E-state index in [0.717, 1.165) is 0 Å². The second-order valence-corrected chi connectivity index (χ2v) is 4.00. The van der Waals surface area contributed by atoms with Crippen molar-refractivity contribution in [1.82, 2.24) is 0 Å². The fraction of sp³-hybridized carbons (Fsp3) is 0.455. The van der Waals surface area contributed by atoms with E-state index in [-0.39, 0.29) is 18.8 Å². The Balaban J connectivity index is 2.30. The molecule has 6 heteroatoms. The first-order valence-corrected chi connectivity index (χ1v) is 5.36. The molecular formula is C11H11ClF4O. The van der Waals surface area contributed by atoms with Crippen LogP contribution in [0.4, 0.5) is 17.6 Å². The van der Waals surface area contributed by atoms with Gasteiger partial charge in [0.1, 0.15) is 12.4 Å². The number of halogens is 5. The van der Waals surface area contributed by atoms with Gasteiger partial charge in [-0.1, -0.05) is 12.1 Å². The molecule has 0 amide bonds. The average Bonchev–Trinajstić information content (AvgIpc) is 2.24. The molecule has 0 N–H and O–H groups in total. The fourth-order valence-electron chi connectivity index (χ4n) is 1.21. The van der Waals surface area contributed by atoms with Crippen LogP contribution in [0.25, 0.3) is 0 Å². The lowest BCUT2D eigenvalue weighted by atomic mass is 10.1. The lowest BCUT2D eigenvalue weighted by molar-refractivity contribution is -0.174. The summed E-state index contributed by atoms with van der Waals surface area (Å²) in [7, 11) is 0. The molecule has 0 bridgehead atoms. The van der Waals surface area contributed by atoms with Crippen LogP contribution in [-0.4, -0.2) is 19.4 Å². The molecule has 0 saturated heterocycles. The van der Waals surface area contributed by atoms with E-state index in [1.165, 1.54) is 24.3 Å². The van der Waals surface area contributed by atoms with Gasteiger partial charge >= 0.3 is 6.18 Å². The molecule has 0 fully saturated rings. The monoisotopic (exact) mass is 270 g/mol. The molecule has 0 aromatic heterocycles. The summed E-state index contributed by atoms with van der Waals surface area (Å²) in [6.07, 6.45) is -4.08. The number of alkyl halides is 4. The molecule has 1 rings (SSSR count). The van der Waals surface area contributed by atoms with Gasteiger partial charge in [-0.2, -0.15) is 13.2 Å². The molecule has 1 aromatic carbocycles. The Bertz CT molecular complexity index is 336. The van der Waals surface area contributed by atoms with Gasteiger partial charge in [-0.05, 0) is 24.1 Å². The van der Waals surface area contributed by atoms with Crippen LogP contribution in [-0.2, 0) is 4.74 Å². The molecule has 1 unspecified atom stereocenters. The van der Waals surface area contributed by atoms with Crippen molar-refractivity contribution in [3.05, 3.63) is 35.6 Å². The maximum absolute atomic E-state index is 12.6. The largest absolute Gasteiger partial charge is 0.411 e. The maximum atomic E-state index is 12.6. The second-order valence-electron chi connectivity index (χ2n) is 3.48. The van der Waals surface area contributed by atoms with Gasteiger partial charge in [-0.15, -0.1) is 11.6 Å². The van der Waals surface area contributed by atoms with Gasteiger partial charge < -0.3 is 4.74 Å². The minimum Gasteiger partial charge on any atom is -0.372 e. The van der Waals surface area contributed by atoms with Crippen molar-refractivity contribution >= 4 is 11.6 Å². The van der Waals surface area contributed by atoms with E-state index in [1.54, 1.807) is 0 Å². The van der Waals surface area contributed by atoms with Gasteiger partial charge in [0.15, 0.2) is 0 Å². The minimum absolute atomic E-state index is 0.0922. The van der Waals surface area contributed by atoms with Gasteiger partial charge in [-0.3, -0.25) is 0 Å². The van der Waals surface area contributed by atoms with Crippen LogP contribution in [0.1, 0.15) is 17.4 Å². The van der Waals surface area contributed by atoms with Crippen molar-refractivity contribution in [3.63, 3.8) is 0 Å². The van der Waals surface area contributed by atoms with Crippen LogP contribution in [0, 0.1) is 5.82 Å². The zero-order chi connectivity index (χ0) is 12.9. The third kappa shape index (κ3) is 5.89. The van der Waals surface area contributed by atoms with E-state index in [0.29, 0.717) is 5.56 Å². The number of ether oxygens (including phenoxy) is 1. The van der Waals surface area contributed by atoms with Gasteiger partial charge in [-0.25, -0.2) is 4.39 Å². The first kappa shape index (κ1) is 14.3. The van der Waals surface area contributed by atoms with Crippen LogP contribution >= 0.6 is 11.6 Å². The molecule has 0 heterocycles. The minimum atomic E-state index is -4.32. The summed E-state index contributed by atoms with van der Waals surface area (Å²) in [6, 6.07) is 5.50. The quantitative estimate of drug-likeness (QED) is 0.445. The predicted octanol–water partition coefficient (Wildman–Crippen LogP) is 4.07. The van der Waals surface area contributed by atoms with Crippen LogP contribution in [0.5, 0.6) is 0 Å². The SMILES string of the molecule is Fc1ccc(C(Cl)CCOCC(F)(F)F)cc1. The highest BCUT2D eigenvalue weighted by Crippen LogP contribution is 2.24. The number of hydrogen-bond donors (Lipinski definition) is 0. The number of hydrogen-bond acceptors (Lipinski definition) is 1. The summed E-state index contributed by atoms with van der Waals surface area (Å²) in [5.41, 5.74) is 0.656. The summed E-state index contributed by atoms with van der Waals surface area (Å²) in [4.78, 5) is 0. The lowest BCUT2D eigenvalue weighted by Crippen LogP contribution is -2.17. The smallest absolute Gasteiger partial charge is 0.372 e. The average molecular weight is 271 g/mol. The number of rotatable bonds is 5. The summed E-state index contributed by atoms with van der Waals surface area (Å²) in [6.45, 7) is -1.37. The van der Waals surface area contributed by atoms with Crippen molar-refractivity contribution in [2.75, 3.05) is 13.2 Å². The van der Waals surface area contributed by atoms with E-state index >= 15 is 0 Å². The Labute approximate surface area is 101 Å². The van der Waals surface area contributed by atoms with E-state index < -0.39 is 18.2 Å². The molecule has 1 nitrogen and oxygen atoms in total. The van der Waals surface area contributed by atoms with Crippen molar-refractivity contribution in [2.45, 2.75) is 18.0 Å². The van der Waals surface area contributed by atoms with Gasteiger partial charge in [0.25, 0.3) is 0 Å². The van der Waals surface area contributed by atoms with Crippen LogP contribution in [0.15, 0.2) is 24.3 Å². The van der Waals surface area contributed by atoms with Crippen molar-refractivity contribution in [3.8, 4) is 0 Å². The molecule has 0 aliphatic carbocycles. The Morgan fingerprint density at radius 3 is 2.29 bits per heavy atom. The Kier molecular flexibility index (Phi) is 5.21. The molecule has 1 atom stereocenters. The highest BCUT2D eigenvalue weighted by atomic mass is 35.5. The third-order valence-electron chi connectivity index (χ3n) is 2.01. The molecule has 0 saturated carbocycles. The van der Waals surface area contributed by atoms with Crippen molar-refractivity contribution < 1.29 is 22.3 Å². The molecule has 0 aliphatic heterocycles. The molecule has 0 spiro atoms. The van der Waals surface area contributed by atoms with Gasteiger partial charge in [0.05, 0.1) is 5.38 Å². The normalized spacial score (nSPS) is 13.7. The van der Waals surface area contributed by atoms with Crippen LogP contribution in [0.2, 0.25) is 0 Å². The topological polar surface area (TPSA) is 9.23 Å². The van der Waals surface area contributed by atoms with E-state index in [2.05, 4.69) is 4.74 Å². The van der Waals surface area contributed by atoms with E-state index in [1.807, 2.05) is 0 Å². The summed E-state index contributed by atoms with van der Waals surface area (Å²) < 4.78 is 52.3. The Morgan fingerprint density at radius 1 is 1.18 bits per heavy atom. The Hall–Kier alpha value is -0.810. The first-order valence-electron chi connectivity index (χ1n) is 4.92. The number of benzene rings is 1. The Morgan fingerprint density at radius 2 is 1.76 bits per heavy atom. The van der Waals surface area contributed by atoms with Crippen molar-refractivity contribution in [2.24, 2.45) is 0 Å². The van der Waals surface area contributed by atoms with E-state index in [9.17, 15) is 17.6 Å². The summed E-state index contributed by atoms with van der Waals surface area (Å²) in [5.74, 6) is -0.383. The molecule has 0 aliphatic rings. The lowest BCUT2D eigenvalue weighted by Gasteiger charge is -2.11. The predicted molar refractivity (Wildman–Crippen MR) is 56.5 cm³/mol. The molecule has 96 valence electrons. The summed E-state index contributed by atoms with van der Waals surface area (Å²) >= 11 is 5.92. The van der Waals surface area contributed by atoms with Crippen molar-refractivity contribution in [1.29, 1.82) is 0 Å². The van der Waals surface area contributed by atoms with Crippen LogP contribution in [0.3, 0.4) is 0 Å². The zero-order valence-corrected chi connectivity index (χ0v) is 9.56. The first-order chi connectivity index (χ1) is 7.88. The van der Waals surface area contributed by atoms with Gasteiger partial charge in [0.2, 0.25) is 0 Å². The molecule has 17 heavy (non-hydrogen) atoms. The molecule has 1 aromatic rings. The maximum Gasteiger partial charge on any atom is 0.411 e. The highest BCUT2D eigenvalue weighted by Gasteiger charge is 2.27. The summed E-state index contributed by atoms with van der Waals surface area (Å²) in [5, 5.41) is -0.483. The zero-order valence-electron chi connectivity index (χ0n) is 8.81. The standard InChI is InChI=1S/C11H11ClF4O/c12-10(5-6-17-7-11(14,15)16)8-1-3-9(13)4-2-8/h1-4,10H,5-7H2. The molecular weight excluding hydrogens is 260 g/mol. The van der Waals surface area contributed by atoms with Gasteiger partial charge in [0, 0.05) is 6.61 Å². The molecule has 0 radical (unpaired) electrons. The third-order valence-corrected chi connectivity index (χ3v) is 2.48.